The third-order valence-corrected chi connectivity index (χ3v) is 4.37. The number of benzene rings is 2. The lowest BCUT2D eigenvalue weighted by Gasteiger charge is -2.07. The Morgan fingerprint density at radius 2 is 1.87 bits per heavy atom. The third-order valence-electron chi connectivity index (χ3n) is 3.11. The number of fused-ring (bicyclic) bond motifs is 1. The molecular formula is C17H12ClNO3S. The van der Waals surface area contributed by atoms with Crippen molar-refractivity contribution < 1.29 is 9.21 Å². The molecule has 0 unspecified atom stereocenters. The van der Waals surface area contributed by atoms with Crippen LogP contribution in [0.3, 0.4) is 0 Å². The van der Waals surface area contributed by atoms with Crippen molar-refractivity contribution in [2.24, 2.45) is 0 Å². The second-order valence-electron chi connectivity index (χ2n) is 4.77. The minimum absolute atomic E-state index is 0.194. The van der Waals surface area contributed by atoms with Crippen molar-refractivity contribution >= 4 is 45.9 Å². The number of rotatable bonds is 4. The predicted octanol–water partition coefficient (Wildman–Crippen LogP) is 4.18. The van der Waals surface area contributed by atoms with E-state index in [1.165, 1.54) is 17.8 Å². The monoisotopic (exact) mass is 345 g/mol. The molecule has 0 saturated carbocycles. The zero-order valence-electron chi connectivity index (χ0n) is 11.9. The number of hydrogen-bond acceptors (Lipinski definition) is 4. The van der Waals surface area contributed by atoms with Crippen LogP contribution in [0.25, 0.3) is 11.0 Å². The van der Waals surface area contributed by atoms with Crippen LogP contribution in [0.4, 0.5) is 5.69 Å². The van der Waals surface area contributed by atoms with Crippen LogP contribution in [0, 0.1) is 0 Å². The van der Waals surface area contributed by atoms with Gasteiger partial charge in [-0.3, -0.25) is 4.79 Å². The van der Waals surface area contributed by atoms with Crippen LogP contribution in [0.15, 0.2) is 68.7 Å². The van der Waals surface area contributed by atoms with Gasteiger partial charge in [0.25, 0.3) is 0 Å². The van der Waals surface area contributed by atoms with Crippen LogP contribution in [0.1, 0.15) is 0 Å². The lowest BCUT2D eigenvalue weighted by atomic mass is 10.2. The summed E-state index contributed by atoms with van der Waals surface area (Å²) in [6.45, 7) is 0. The van der Waals surface area contributed by atoms with Gasteiger partial charge in [-0.15, -0.1) is 11.8 Å². The normalized spacial score (nSPS) is 10.7. The molecule has 0 aliphatic rings. The molecule has 0 spiro atoms. The van der Waals surface area contributed by atoms with Crippen molar-refractivity contribution in [2.75, 3.05) is 11.1 Å². The van der Waals surface area contributed by atoms with Gasteiger partial charge < -0.3 is 9.73 Å². The largest absolute Gasteiger partial charge is 0.423 e. The molecule has 0 saturated heterocycles. The summed E-state index contributed by atoms with van der Waals surface area (Å²) < 4.78 is 5.10. The SMILES string of the molecule is O=C(CSc1ccc(Cl)cc1)Nc1cc(=O)oc2ccccc12. The van der Waals surface area contributed by atoms with Gasteiger partial charge in [-0.05, 0) is 36.4 Å². The fourth-order valence-electron chi connectivity index (χ4n) is 2.08. The molecule has 3 rings (SSSR count). The van der Waals surface area contributed by atoms with Crippen molar-refractivity contribution in [1.82, 2.24) is 0 Å². The molecule has 6 heteroatoms. The highest BCUT2D eigenvalue weighted by atomic mass is 35.5. The van der Waals surface area contributed by atoms with Gasteiger partial charge >= 0.3 is 5.63 Å². The Kier molecular flexibility index (Phi) is 4.69. The maximum absolute atomic E-state index is 12.1. The van der Waals surface area contributed by atoms with Gasteiger partial charge in [0.1, 0.15) is 5.58 Å². The molecule has 0 atom stereocenters. The van der Waals surface area contributed by atoms with Crippen LogP contribution < -0.4 is 10.9 Å². The van der Waals surface area contributed by atoms with Gasteiger partial charge in [-0.2, -0.15) is 0 Å². The summed E-state index contributed by atoms with van der Waals surface area (Å²) in [5.41, 5.74) is 0.406. The predicted molar refractivity (Wildman–Crippen MR) is 93.3 cm³/mol. The van der Waals surface area contributed by atoms with Crippen LogP contribution in [0.2, 0.25) is 5.02 Å². The smallest absolute Gasteiger partial charge is 0.338 e. The second kappa shape index (κ2) is 6.89. The van der Waals surface area contributed by atoms with E-state index in [4.69, 9.17) is 16.0 Å². The molecule has 0 aliphatic carbocycles. The molecule has 0 radical (unpaired) electrons. The highest BCUT2D eigenvalue weighted by molar-refractivity contribution is 8.00. The second-order valence-corrected chi connectivity index (χ2v) is 6.25. The summed E-state index contributed by atoms with van der Waals surface area (Å²) in [5.74, 6) is 0.0385. The lowest BCUT2D eigenvalue weighted by Crippen LogP contribution is -2.15. The van der Waals surface area contributed by atoms with Crippen molar-refractivity contribution in [2.45, 2.75) is 4.90 Å². The Labute approximate surface area is 141 Å². The number of hydrogen-bond donors (Lipinski definition) is 1. The number of carbonyl (C=O) groups is 1. The number of amides is 1. The number of anilines is 1. The Balaban J connectivity index is 1.73. The topological polar surface area (TPSA) is 59.3 Å². The van der Waals surface area contributed by atoms with Crippen LogP contribution in [-0.2, 0) is 4.79 Å². The summed E-state index contributed by atoms with van der Waals surface area (Å²) in [7, 11) is 0. The van der Waals surface area contributed by atoms with E-state index < -0.39 is 5.63 Å². The zero-order valence-corrected chi connectivity index (χ0v) is 13.5. The zero-order chi connectivity index (χ0) is 16.2. The van der Waals surface area contributed by atoms with Crippen molar-refractivity contribution in [3.63, 3.8) is 0 Å². The van der Waals surface area contributed by atoms with Crippen LogP contribution in [0.5, 0.6) is 0 Å². The van der Waals surface area contributed by atoms with Gasteiger partial charge in [0, 0.05) is 21.4 Å². The molecule has 1 amide bonds. The van der Waals surface area contributed by atoms with E-state index in [1.54, 1.807) is 30.3 Å². The molecule has 23 heavy (non-hydrogen) atoms. The Bertz CT molecular complexity index is 906. The molecule has 2 aromatic carbocycles. The van der Waals surface area contributed by atoms with Gasteiger partial charge in [0.2, 0.25) is 5.91 Å². The maximum Gasteiger partial charge on any atom is 0.338 e. The highest BCUT2D eigenvalue weighted by Gasteiger charge is 2.09. The van der Waals surface area contributed by atoms with Gasteiger partial charge in [-0.1, -0.05) is 23.7 Å². The minimum Gasteiger partial charge on any atom is -0.423 e. The minimum atomic E-state index is -0.496. The molecule has 1 N–H and O–H groups in total. The third kappa shape index (κ3) is 3.94. The number of thioether (sulfide) groups is 1. The molecule has 1 heterocycles. The van der Waals surface area contributed by atoms with Gasteiger partial charge in [0.05, 0.1) is 11.4 Å². The van der Waals surface area contributed by atoms with E-state index in [1.807, 2.05) is 18.2 Å². The average Bonchev–Trinajstić information content (AvgIpc) is 2.54. The quantitative estimate of drug-likeness (QED) is 0.569. The first-order chi connectivity index (χ1) is 11.1. The number of carbonyl (C=O) groups excluding carboxylic acids is 1. The van der Waals surface area contributed by atoms with E-state index >= 15 is 0 Å². The first-order valence-corrected chi connectivity index (χ1v) is 8.19. The Hall–Kier alpha value is -2.24. The van der Waals surface area contributed by atoms with E-state index in [0.717, 1.165) is 4.90 Å². The summed E-state index contributed by atoms with van der Waals surface area (Å²) in [4.78, 5) is 24.6. The summed E-state index contributed by atoms with van der Waals surface area (Å²) in [6.07, 6.45) is 0. The van der Waals surface area contributed by atoms with Crippen molar-refractivity contribution in [1.29, 1.82) is 0 Å². The summed E-state index contributed by atoms with van der Waals surface area (Å²) >= 11 is 7.22. The number of halogens is 1. The molecular weight excluding hydrogens is 334 g/mol. The summed E-state index contributed by atoms with van der Waals surface area (Å²) in [6, 6.07) is 15.6. The molecule has 0 bridgehead atoms. The van der Waals surface area contributed by atoms with Gasteiger partial charge in [-0.25, -0.2) is 4.79 Å². The molecule has 0 aliphatic heterocycles. The van der Waals surface area contributed by atoms with E-state index in [0.29, 0.717) is 21.7 Å². The highest BCUT2D eigenvalue weighted by Crippen LogP contribution is 2.23. The lowest BCUT2D eigenvalue weighted by molar-refractivity contribution is -0.113. The number of nitrogens with one attached hydrogen (secondary N) is 1. The fraction of sp³-hybridized carbons (Fsp3) is 0.0588. The van der Waals surface area contributed by atoms with E-state index in [-0.39, 0.29) is 11.7 Å². The van der Waals surface area contributed by atoms with Crippen molar-refractivity contribution in [3.05, 3.63) is 70.0 Å². The van der Waals surface area contributed by atoms with E-state index in [9.17, 15) is 9.59 Å². The molecule has 0 fully saturated rings. The molecule has 4 nitrogen and oxygen atoms in total. The Morgan fingerprint density at radius 3 is 2.65 bits per heavy atom. The first kappa shape index (κ1) is 15.6. The standard InChI is InChI=1S/C17H12ClNO3S/c18-11-5-7-12(8-6-11)23-10-16(20)19-14-9-17(21)22-15-4-2-1-3-13(14)15/h1-9H,10H2,(H,19,20). The van der Waals surface area contributed by atoms with Gasteiger partial charge in [0.15, 0.2) is 0 Å². The summed E-state index contributed by atoms with van der Waals surface area (Å²) in [5, 5.41) is 4.11. The maximum atomic E-state index is 12.1. The molecule has 116 valence electrons. The average molecular weight is 346 g/mol. The van der Waals surface area contributed by atoms with Crippen molar-refractivity contribution in [3.8, 4) is 0 Å². The Morgan fingerprint density at radius 1 is 1.13 bits per heavy atom. The van der Waals surface area contributed by atoms with Crippen LogP contribution in [-0.4, -0.2) is 11.7 Å². The molecule has 3 aromatic rings. The van der Waals surface area contributed by atoms with Crippen LogP contribution >= 0.6 is 23.4 Å². The number of para-hydroxylation sites is 1. The fourth-order valence-corrected chi connectivity index (χ4v) is 2.91. The first-order valence-electron chi connectivity index (χ1n) is 6.83. The molecule has 1 aromatic heterocycles. The van der Waals surface area contributed by atoms with E-state index in [2.05, 4.69) is 5.32 Å².